The molecule has 1 aliphatic carbocycles. The van der Waals surface area contributed by atoms with Gasteiger partial charge in [-0.1, -0.05) is 18.2 Å². The van der Waals surface area contributed by atoms with Gasteiger partial charge in [0, 0.05) is 18.7 Å². The van der Waals surface area contributed by atoms with Crippen molar-refractivity contribution in [3.8, 4) is 5.69 Å². The van der Waals surface area contributed by atoms with Gasteiger partial charge in [-0.2, -0.15) is 0 Å². The van der Waals surface area contributed by atoms with Crippen molar-refractivity contribution in [1.82, 2.24) is 14.8 Å². The molecule has 1 saturated carbocycles. The van der Waals surface area contributed by atoms with Gasteiger partial charge in [0.05, 0.1) is 6.10 Å². The molecule has 2 aromatic rings. The van der Waals surface area contributed by atoms with Crippen molar-refractivity contribution in [1.29, 1.82) is 0 Å². The number of hydrogen-bond acceptors (Lipinski definition) is 3. The van der Waals surface area contributed by atoms with Gasteiger partial charge in [-0.05, 0) is 37.8 Å². The Hall–Kier alpha value is -1.68. The minimum atomic E-state index is 0.461. The number of ether oxygens (including phenoxy) is 1. The van der Waals surface area contributed by atoms with E-state index in [-0.39, 0.29) is 0 Å². The molecule has 100 valence electrons. The maximum absolute atomic E-state index is 5.60. The van der Waals surface area contributed by atoms with Crippen LogP contribution >= 0.6 is 0 Å². The average Bonchev–Trinajstić information content (AvgIpc) is 2.85. The van der Waals surface area contributed by atoms with E-state index in [1.807, 2.05) is 18.2 Å². The number of para-hydroxylation sites is 1. The molecule has 0 amide bonds. The summed E-state index contributed by atoms with van der Waals surface area (Å²) in [7, 11) is 0. The van der Waals surface area contributed by atoms with Gasteiger partial charge >= 0.3 is 0 Å². The Morgan fingerprint density at radius 1 is 1.26 bits per heavy atom. The van der Waals surface area contributed by atoms with E-state index in [1.165, 1.54) is 0 Å². The molecule has 0 radical (unpaired) electrons. The molecule has 1 heterocycles. The van der Waals surface area contributed by atoms with E-state index in [4.69, 9.17) is 4.74 Å². The van der Waals surface area contributed by atoms with Gasteiger partial charge in [0.1, 0.15) is 12.2 Å². The van der Waals surface area contributed by atoms with Crippen molar-refractivity contribution >= 4 is 0 Å². The fourth-order valence-electron chi connectivity index (χ4n) is 2.67. The lowest BCUT2D eigenvalue weighted by atomic mass is 9.80. The fourth-order valence-corrected chi connectivity index (χ4v) is 2.67. The minimum absolute atomic E-state index is 0.461. The smallest absolute Gasteiger partial charge is 0.137 e. The molecule has 0 saturated heterocycles. The molecule has 19 heavy (non-hydrogen) atoms. The first-order valence-electron chi connectivity index (χ1n) is 6.92. The summed E-state index contributed by atoms with van der Waals surface area (Å²) < 4.78 is 7.68. The van der Waals surface area contributed by atoms with Crippen LogP contribution in [0.1, 0.15) is 25.6 Å². The Kier molecular flexibility index (Phi) is 3.60. The first kappa shape index (κ1) is 12.4. The molecular weight excluding hydrogens is 238 g/mol. The van der Waals surface area contributed by atoms with Crippen LogP contribution < -0.4 is 0 Å². The second-order valence-electron chi connectivity index (χ2n) is 5.07. The quantitative estimate of drug-likeness (QED) is 0.826. The van der Waals surface area contributed by atoms with E-state index >= 15 is 0 Å². The average molecular weight is 257 g/mol. The summed E-state index contributed by atoms with van der Waals surface area (Å²) in [5.74, 6) is 1.73. The molecule has 0 N–H and O–H groups in total. The largest absolute Gasteiger partial charge is 0.378 e. The highest BCUT2D eigenvalue weighted by atomic mass is 16.5. The van der Waals surface area contributed by atoms with Gasteiger partial charge in [0.25, 0.3) is 0 Å². The highest BCUT2D eigenvalue weighted by Gasteiger charge is 2.30. The van der Waals surface area contributed by atoms with E-state index in [2.05, 4.69) is 33.8 Å². The number of benzene rings is 1. The molecule has 3 rings (SSSR count). The number of rotatable bonds is 5. The van der Waals surface area contributed by atoms with E-state index in [9.17, 15) is 0 Å². The van der Waals surface area contributed by atoms with Crippen molar-refractivity contribution in [2.45, 2.75) is 32.3 Å². The molecule has 0 bridgehead atoms. The maximum atomic E-state index is 5.60. The fraction of sp³-hybridized carbons (Fsp3) is 0.467. The maximum Gasteiger partial charge on any atom is 0.137 e. The summed E-state index contributed by atoms with van der Waals surface area (Å²) >= 11 is 0. The van der Waals surface area contributed by atoms with Crippen LogP contribution in [-0.2, 0) is 11.2 Å². The number of aromatic nitrogens is 3. The van der Waals surface area contributed by atoms with E-state index in [1.54, 1.807) is 6.33 Å². The zero-order valence-electron chi connectivity index (χ0n) is 11.2. The second kappa shape index (κ2) is 5.53. The third-order valence-electron chi connectivity index (χ3n) is 3.72. The molecule has 1 aliphatic rings. The zero-order chi connectivity index (χ0) is 13.1. The molecule has 4 heteroatoms. The molecule has 1 aromatic heterocycles. The highest BCUT2D eigenvalue weighted by molar-refractivity contribution is 5.32. The summed E-state index contributed by atoms with van der Waals surface area (Å²) in [5.41, 5.74) is 1.13. The van der Waals surface area contributed by atoms with Crippen LogP contribution in [0.4, 0.5) is 0 Å². The predicted molar refractivity (Wildman–Crippen MR) is 73.2 cm³/mol. The summed E-state index contributed by atoms with van der Waals surface area (Å²) in [6.45, 7) is 2.87. The summed E-state index contributed by atoms with van der Waals surface area (Å²) in [6, 6.07) is 10.3. The normalized spacial score (nSPS) is 22.2. The standard InChI is InChI=1S/C15H19N3O/c1-2-19-14-8-12(9-14)10-15-17-16-11-18(15)13-6-4-3-5-7-13/h3-7,11-12,14H,2,8-10H2,1H3. The molecule has 0 unspecified atom stereocenters. The van der Waals surface area contributed by atoms with Gasteiger partial charge in [0.15, 0.2) is 0 Å². The summed E-state index contributed by atoms with van der Waals surface area (Å²) in [4.78, 5) is 0. The van der Waals surface area contributed by atoms with Crippen molar-refractivity contribution in [3.05, 3.63) is 42.5 Å². The molecule has 0 aliphatic heterocycles. The Morgan fingerprint density at radius 2 is 2.05 bits per heavy atom. The molecule has 0 atom stereocenters. The van der Waals surface area contributed by atoms with Crippen LogP contribution in [0, 0.1) is 5.92 Å². The van der Waals surface area contributed by atoms with Gasteiger partial charge < -0.3 is 4.74 Å². The first-order chi connectivity index (χ1) is 9.36. The van der Waals surface area contributed by atoms with Gasteiger partial charge in [-0.15, -0.1) is 10.2 Å². The zero-order valence-corrected chi connectivity index (χ0v) is 11.2. The lowest BCUT2D eigenvalue weighted by molar-refractivity contribution is -0.0246. The van der Waals surface area contributed by atoms with Crippen LogP contribution in [0.25, 0.3) is 5.69 Å². The summed E-state index contributed by atoms with van der Waals surface area (Å²) in [6.07, 6.45) is 5.54. The van der Waals surface area contributed by atoms with Crippen LogP contribution in [-0.4, -0.2) is 27.5 Å². The van der Waals surface area contributed by atoms with Crippen LogP contribution in [0.5, 0.6) is 0 Å². The van der Waals surface area contributed by atoms with Crippen LogP contribution in [0.15, 0.2) is 36.7 Å². The van der Waals surface area contributed by atoms with Gasteiger partial charge in [-0.3, -0.25) is 4.57 Å². The lowest BCUT2D eigenvalue weighted by Crippen LogP contribution is -2.33. The van der Waals surface area contributed by atoms with E-state index in [0.717, 1.165) is 37.4 Å². The van der Waals surface area contributed by atoms with E-state index in [0.29, 0.717) is 12.0 Å². The lowest BCUT2D eigenvalue weighted by Gasteiger charge is -2.34. The van der Waals surface area contributed by atoms with E-state index < -0.39 is 0 Å². The molecular formula is C15H19N3O. The predicted octanol–water partition coefficient (Wildman–Crippen LogP) is 2.62. The minimum Gasteiger partial charge on any atom is -0.378 e. The Labute approximate surface area is 113 Å². The van der Waals surface area contributed by atoms with Crippen molar-refractivity contribution in [3.63, 3.8) is 0 Å². The Balaban J connectivity index is 1.66. The van der Waals surface area contributed by atoms with Gasteiger partial charge in [-0.25, -0.2) is 0 Å². The SMILES string of the molecule is CCOC1CC(Cc2nncn2-c2ccccc2)C1. The third kappa shape index (κ3) is 2.68. The monoisotopic (exact) mass is 257 g/mol. The first-order valence-corrected chi connectivity index (χ1v) is 6.92. The molecule has 4 nitrogen and oxygen atoms in total. The molecule has 1 fully saturated rings. The molecule has 0 spiro atoms. The number of nitrogens with zero attached hydrogens (tertiary/aromatic N) is 3. The van der Waals surface area contributed by atoms with Crippen molar-refractivity contribution in [2.75, 3.05) is 6.61 Å². The highest BCUT2D eigenvalue weighted by Crippen LogP contribution is 2.32. The topological polar surface area (TPSA) is 39.9 Å². The van der Waals surface area contributed by atoms with Crippen LogP contribution in [0.2, 0.25) is 0 Å². The Morgan fingerprint density at radius 3 is 2.79 bits per heavy atom. The number of hydrogen-bond donors (Lipinski definition) is 0. The third-order valence-corrected chi connectivity index (χ3v) is 3.72. The molecule has 1 aromatic carbocycles. The van der Waals surface area contributed by atoms with Gasteiger partial charge in [0.2, 0.25) is 0 Å². The van der Waals surface area contributed by atoms with Crippen LogP contribution in [0.3, 0.4) is 0 Å². The second-order valence-corrected chi connectivity index (χ2v) is 5.07. The Bertz CT molecular complexity index is 517. The van der Waals surface area contributed by atoms with Crippen molar-refractivity contribution < 1.29 is 4.74 Å². The summed E-state index contributed by atoms with van der Waals surface area (Å²) in [5, 5.41) is 8.30. The van der Waals surface area contributed by atoms with Crippen molar-refractivity contribution in [2.24, 2.45) is 5.92 Å².